The summed E-state index contributed by atoms with van der Waals surface area (Å²) in [7, 11) is 2.06. The first-order valence-corrected chi connectivity index (χ1v) is 6.87. The molecule has 2 N–H and O–H groups in total. The molecular weight excluding hydrogens is 214 g/mol. The molecule has 0 spiro atoms. The third-order valence-corrected chi connectivity index (χ3v) is 4.56. The number of likely N-dealkylation sites (tertiary alicyclic amines) is 1. The lowest BCUT2D eigenvalue weighted by Crippen LogP contribution is -2.53. The fourth-order valence-electron chi connectivity index (χ4n) is 3.21. The SMILES string of the molecule is CN(CC(=O)N1CCCC1)C1(CN)CCCC1. The van der Waals surface area contributed by atoms with E-state index in [0.717, 1.165) is 38.8 Å². The Morgan fingerprint density at radius 2 is 1.82 bits per heavy atom. The summed E-state index contributed by atoms with van der Waals surface area (Å²) in [6.45, 7) is 3.11. The summed E-state index contributed by atoms with van der Waals surface area (Å²) < 4.78 is 0. The molecule has 1 saturated carbocycles. The van der Waals surface area contributed by atoms with Gasteiger partial charge >= 0.3 is 0 Å². The summed E-state index contributed by atoms with van der Waals surface area (Å²) in [6.07, 6.45) is 7.12. The second-order valence-corrected chi connectivity index (χ2v) is 5.58. The first-order valence-electron chi connectivity index (χ1n) is 6.87. The molecule has 0 aromatic heterocycles. The Kier molecular flexibility index (Phi) is 4.05. The summed E-state index contributed by atoms with van der Waals surface area (Å²) in [5.74, 6) is 0.282. The topological polar surface area (TPSA) is 49.6 Å². The van der Waals surface area contributed by atoms with Crippen molar-refractivity contribution in [1.29, 1.82) is 0 Å². The fourth-order valence-corrected chi connectivity index (χ4v) is 3.21. The molecule has 1 amide bonds. The van der Waals surface area contributed by atoms with E-state index in [1.165, 1.54) is 12.8 Å². The zero-order chi connectivity index (χ0) is 12.3. The quantitative estimate of drug-likeness (QED) is 0.790. The van der Waals surface area contributed by atoms with Gasteiger partial charge in [-0.15, -0.1) is 0 Å². The molecule has 2 fully saturated rings. The number of nitrogens with two attached hydrogens (primary N) is 1. The molecule has 1 saturated heterocycles. The van der Waals surface area contributed by atoms with E-state index in [2.05, 4.69) is 11.9 Å². The number of rotatable bonds is 4. The summed E-state index contributed by atoms with van der Waals surface area (Å²) >= 11 is 0. The molecule has 17 heavy (non-hydrogen) atoms. The summed E-state index contributed by atoms with van der Waals surface area (Å²) in [5.41, 5.74) is 6.02. The van der Waals surface area contributed by atoms with Crippen molar-refractivity contribution in [1.82, 2.24) is 9.80 Å². The smallest absolute Gasteiger partial charge is 0.236 e. The van der Waals surface area contributed by atoms with E-state index in [-0.39, 0.29) is 11.4 Å². The molecule has 98 valence electrons. The molecule has 0 aromatic carbocycles. The number of carbonyl (C=O) groups is 1. The van der Waals surface area contributed by atoms with Crippen LogP contribution in [-0.2, 0) is 4.79 Å². The Morgan fingerprint density at radius 3 is 2.35 bits per heavy atom. The van der Waals surface area contributed by atoms with Crippen LogP contribution in [0.4, 0.5) is 0 Å². The predicted molar refractivity (Wildman–Crippen MR) is 68.7 cm³/mol. The maximum absolute atomic E-state index is 12.1. The predicted octanol–water partition coefficient (Wildman–Crippen LogP) is 0.812. The van der Waals surface area contributed by atoms with Gasteiger partial charge < -0.3 is 10.6 Å². The third kappa shape index (κ3) is 2.63. The minimum absolute atomic E-state index is 0.0926. The summed E-state index contributed by atoms with van der Waals surface area (Å²) in [5, 5.41) is 0. The fraction of sp³-hybridized carbons (Fsp3) is 0.923. The van der Waals surface area contributed by atoms with Crippen LogP contribution in [0, 0.1) is 0 Å². The van der Waals surface area contributed by atoms with Crippen LogP contribution >= 0.6 is 0 Å². The van der Waals surface area contributed by atoms with Gasteiger partial charge in [0.25, 0.3) is 0 Å². The lowest BCUT2D eigenvalue weighted by Gasteiger charge is -2.38. The largest absolute Gasteiger partial charge is 0.342 e. The number of hydrogen-bond donors (Lipinski definition) is 1. The molecule has 1 aliphatic heterocycles. The molecule has 0 radical (unpaired) electrons. The van der Waals surface area contributed by atoms with Gasteiger partial charge in [0, 0.05) is 25.2 Å². The van der Waals surface area contributed by atoms with Crippen LogP contribution in [0.5, 0.6) is 0 Å². The van der Waals surface area contributed by atoms with Gasteiger partial charge in [-0.3, -0.25) is 9.69 Å². The zero-order valence-corrected chi connectivity index (χ0v) is 11.0. The number of amides is 1. The van der Waals surface area contributed by atoms with Gasteiger partial charge in [-0.05, 0) is 32.7 Å². The van der Waals surface area contributed by atoms with Crippen molar-refractivity contribution in [2.75, 3.05) is 33.2 Å². The van der Waals surface area contributed by atoms with E-state index in [1.54, 1.807) is 0 Å². The second-order valence-electron chi connectivity index (χ2n) is 5.58. The monoisotopic (exact) mass is 239 g/mol. The van der Waals surface area contributed by atoms with Gasteiger partial charge in [0.15, 0.2) is 0 Å². The van der Waals surface area contributed by atoms with Crippen LogP contribution < -0.4 is 5.73 Å². The number of nitrogens with zero attached hydrogens (tertiary/aromatic N) is 2. The molecule has 1 aliphatic carbocycles. The lowest BCUT2D eigenvalue weighted by molar-refractivity contribution is -0.132. The van der Waals surface area contributed by atoms with E-state index in [9.17, 15) is 4.79 Å². The van der Waals surface area contributed by atoms with Crippen molar-refractivity contribution in [3.63, 3.8) is 0 Å². The van der Waals surface area contributed by atoms with Crippen LogP contribution in [-0.4, -0.2) is 54.5 Å². The Morgan fingerprint density at radius 1 is 1.24 bits per heavy atom. The Bertz CT molecular complexity index is 268. The maximum Gasteiger partial charge on any atom is 0.236 e. The van der Waals surface area contributed by atoms with Crippen molar-refractivity contribution in [2.45, 2.75) is 44.1 Å². The van der Waals surface area contributed by atoms with Gasteiger partial charge in [0.1, 0.15) is 0 Å². The van der Waals surface area contributed by atoms with Gasteiger partial charge in [0.05, 0.1) is 6.54 Å². The van der Waals surface area contributed by atoms with Crippen LogP contribution in [0.2, 0.25) is 0 Å². The molecule has 0 bridgehead atoms. The molecule has 0 unspecified atom stereocenters. The number of likely N-dealkylation sites (N-methyl/N-ethyl adjacent to an activating group) is 1. The third-order valence-electron chi connectivity index (χ3n) is 4.56. The maximum atomic E-state index is 12.1. The highest BCUT2D eigenvalue weighted by Gasteiger charge is 2.37. The molecule has 2 rings (SSSR count). The first-order chi connectivity index (χ1) is 8.18. The van der Waals surface area contributed by atoms with E-state index in [4.69, 9.17) is 5.73 Å². The van der Waals surface area contributed by atoms with Crippen LogP contribution in [0.1, 0.15) is 38.5 Å². The lowest BCUT2D eigenvalue weighted by atomic mass is 9.96. The second kappa shape index (κ2) is 5.36. The number of hydrogen-bond acceptors (Lipinski definition) is 3. The van der Waals surface area contributed by atoms with Crippen molar-refractivity contribution in [2.24, 2.45) is 5.73 Å². The van der Waals surface area contributed by atoms with E-state index in [1.807, 2.05) is 4.90 Å². The highest BCUT2D eigenvalue weighted by Crippen LogP contribution is 2.33. The molecule has 4 nitrogen and oxygen atoms in total. The van der Waals surface area contributed by atoms with Crippen molar-refractivity contribution in [3.05, 3.63) is 0 Å². The molecular formula is C13H25N3O. The van der Waals surface area contributed by atoms with Crippen LogP contribution in [0.25, 0.3) is 0 Å². The average molecular weight is 239 g/mol. The molecule has 2 aliphatic rings. The first kappa shape index (κ1) is 12.8. The normalized spacial score (nSPS) is 23.6. The zero-order valence-electron chi connectivity index (χ0n) is 11.0. The molecule has 1 heterocycles. The molecule has 4 heteroatoms. The standard InChI is InChI=1S/C13H25N3O/c1-15(13(11-14)6-2-3-7-13)10-12(17)16-8-4-5-9-16/h2-11,14H2,1H3. The summed E-state index contributed by atoms with van der Waals surface area (Å²) in [4.78, 5) is 16.3. The van der Waals surface area contributed by atoms with E-state index >= 15 is 0 Å². The van der Waals surface area contributed by atoms with Gasteiger partial charge in [0.2, 0.25) is 5.91 Å². The Balaban J connectivity index is 1.90. The average Bonchev–Trinajstić information content (AvgIpc) is 3.01. The van der Waals surface area contributed by atoms with Crippen molar-refractivity contribution < 1.29 is 4.79 Å². The highest BCUT2D eigenvalue weighted by molar-refractivity contribution is 5.78. The highest BCUT2D eigenvalue weighted by atomic mass is 16.2. The van der Waals surface area contributed by atoms with Crippen LogP contribution in [0.3, 0.4) is 0 Å². The van der Waals surface area contributed by atoms with Crippen molar-refractivity contribution in [3.8, 4) is 0 Å². The number of carbonyl (C=O) groups excluding carboxylic acids is 1. The van der Waals surface area contributed by atoms with Crippen LogP contribution in [0.15, 0.2) is 0 Å². The minimum atomic E-state index is 0.0926. The van der Waals surface area contributed by atoms with Gasteiger partial charge in [-0.25, -0.2) is 0 Å². The Hall–Kier alpha value is -0.610. The van der Waals surface area contributed by atoms with Gasteiger partial charge in [-0.2, -0.15) is 0 Å². The molecule has 0 aromatic rings. The van der Waals surface area contributed by atoms with E-state index < -0.39 is 0 Å². The van der Waals surface area contributed by atoms with E-state index in [0.29, 0.717) is 13.1 Å². The minimum Gasteiger partial charge on any atom is -0.342 e. The summed E-state index contributed by atoms with van der Waals surface area (Å²) in [6, 6.07) is 0. The van der Waals surface area contributed by atoms with Crippen molar-refractivity contribution >= 4 is 5.91 Å². The Labute approximate surface area is 104 Å². The molecule has 0 atom stereocenters. The van der Waals surface area contributed by atoms with Gasteiger partial charge in [-0.1, -0.05) is 12.8 Å².